The number of aryl methyl sites for hydroxylation is 2. The smallest absolute Gasteiger partial charge is 0.337 e. The molecule has 6 aromatic rings. The van der Waals surface area contributed by atoms with Crippen molar-refractivity contribution in [3.8, 4) is 0 Å². The topological polar surface area (TPSA) is 268 Å². The average Bonchev–Trinajstić information content (AvgIpc) is 3.87. The van der Waals surface area contributed by atoms with E-state index in [4.69, 9.17) is 5.11 Å². The number of amides is 1. The number of aromatic amines is 2. The van der Waals surface area contributed by atoms with E-state index in [0.717, 1.165) is 55.6 Å². The van der Waals surface area contributed by atoms with E-state index in [9.17, 15) is 36.4 Å². The minimum Gasteiger partial charge on any atom is -0.755 e. The van der Waals surface area contributed by atoms with E-state index in [2.05, 4.69) is 30.2 Å². The lowest BCUT2D eigenvalue weighted by Gasteiger charge is -2.35. The molecule has 0 spiro atoms. The van der Waals surface area contributed by atoms with Crippen molar-refractivity contribution >= 4 is 55.8 Å². The van der Waals surface area contributed by atoms with Gasteiger partial charge in [0.15, 0.2) is 11.3 Å². The van der Waals surface area contributed by atoms with Gasteiger partial charge in [-0.15, -0.1) is 0 Å². The average molecular weight is 890 g/mol. The largest absolute Gasteiger partial charge is 0.755 e. The van der Waals surface area contributed by atoms with Gasteiger partial charge in [0.25, 0.3) is 17.0 Å². The number of piperidine rings is 2. The molecule has 0 radical (unpaired) electrons. The Morgan fingerprint density at radius 3 is 1.92 bits per heavy atom. The summed E-state index contributed by atoms with van der Waals surface area (Å²) in [5, 5.41) is 18.4. The molecule has 2 aliphatic rings. The van der Waals surface area contributed by atoms with Crippen molar-refractivity contribution in [3.05, 3.63) is 126 Å². The number of aromatic nitrogens is 6. The van der Waals surface area contributed by atoms with Gasteiger partial charge in [0.1, 0.15) is 0 Å². The van der Waals surface area contributed by atoms with Gasteiger partial charge in [0.2, 0.25) is 10.0 Å². The van der Waals surface area contributed by atoms with Crippen LogP contribution in [0.25, 0.3) is 11.3 Å². The molecule has 0 aliphatic carbocycles. The number of sulfonamides is 1. The van der Waals surface area contributed by atoms with Gasteiger partial charge in [0.05, 0.1) is 46.2 Å². The highest BCUT2D eigenvalue weighted by molar-refractivity contribution is 7.92. The molecule has 330 valence electrons. The van der Waals surface area contributed by atoms with Crippen LogP contribution in [0.1, 0.15) is 105 Å². The van der Waals surface area contributed by atoms with Gasteiger partial charge in [-0.05, 0) is 90.6 Å². The predicted molar refractivity (Wildman–Crippen MR) is 234 cm³/mol. The van der Waals surface area contributed by atoms with Gasteiger partial charge in [-0.3, -0.25) is 33.5 Å². The van der Waals surface area contributed by atoms with Crippen LogP contribution in [0.5, 0.6) is 0 Å². The lowest BCUT2D eigenvalue weighted by atomic mass is 9.98. The Morgan fingerprint density at radius 1 is 0.806 bits per heavy atom. The zero-order valence-electron chi connectivity index (χ0n) is 34.9. The van der Waals surface area contributed by atoms with Crippen LogP contribution in [0.15, 0.2) is 70.3 Å². The van der Waals surface area contributed by atoms with Gasteiger partial charge in [-0.2, -0.15) is 0 Å². The van der Waals surface area contributed by atoms with Crippen molar-refractivity contribution in [1.29, 1.82) is 0 Å². The van der Waals surface area contributed by atoms with Gasteiger partial charge >= 0.3 is 5.97 Å². The van der Waals surface area contributed by atoms with Crippen molar-refractivity contribution in [2.75, 3.05) is 28.8 Å². The fourth-order valence-electron chi connectivity index (χ4n) is 7.40. The van der Waals surface area contributed by atoms with Crippen molar-refractivity contribution in [2.24, 2.45) is 0 Å². The quantitative estimate of drug-likeness (QED) is 0.116. The Balaban J connectivity index is 0.000000174. The first-order valence-electron chi connectivity index (χ1n) is 19.9. The molecular formula is C41H49N10O9S2-. The third-order valence-electron chi connectivity index (χ3n) is 10.8. The number of rotatable bonds is 8. The number of anilines is 2. The highest BCUT2D eigenvalue weighted by Gasteiger charge is 2.32. The molecule has 6 heterocycles. The number of carboxylic acids is 1. The first-order chi connectivity index (χ1) is 29.4. The van der Waals surface area contributed by atoms with E-state index in [1.54, 1.807) is 53.6 Å². The summed E-state index contributed by atoms with van der Waals surface area (Å²) < 4.78 is 51.3. The summed E-state index contributed by atoms with van der Waals surface area (Å²) in [5.41, 5.74) is 6.14. The minimum absolute atomic E-state index is 0.000408. The van der Waals surface area contributed by atoms with E-state index in [1.807, 2.05) is 30.7 Å². The van der Waals surface area contributed by atoms with Gasteiger partial charge < -0.3 is 24.6 Å². The zero-order valence-corrected chi connectivity index (χ0v) is 36.5. The number of hydrogen-bond acceptors (Lipinski definition) is 11. The summed E-state index contributed by atoms with van der Waals surface area (Å²) >= 11 is -2.51. The highest BCUT2D eigenvalue weighted by atomic mass is 32.2. The van der Waals surface area contributed by atoms with Crippen molar-refractivity contribution in [2.45, 2.75) is 78.3 Å². The number of hydrogen-bond donors (Lipinski definition) is 6. The van der Waals surface area contributed by atoms with Crippen LogP contribution < -0.4 is 25.9 Å². The van der Waals surface area contributed by atoms with Gasteiger partial charge in [-0.25, -0.2) is 32.2 Å². The number of fused-ring (bicyclic) bond motifs is 2. The minimum atomic E-state index is -3.53. The normalized spacial score (nSPS) is 17.0. The molecule has 2 aromatic carbocycles. The molecule has 2 fully saturated rings. The molecule has 3 atom stereocenters. The molecule has 8 rings (SSSR count). The molecule has 2 saturated heterocycles. The fraction of sp³-hybridized carbons (Fsp3) is 0.366. The summed E-state index contributed by atoms with van der Waals surface area (Å²) in [6.45, 7) is 8.80. The predicted octanol–water partition coefficient (Wildman–Crippen LogP) is 4.42. The van der Waals surface area contributed by atoms with E-state index in [0.29, 0.717) is 40.7 Å². The Labute approximate surface area is 359 Å². The number of H-pyrrole nitrogens is 2. The molecule has 19 nitrogen and oxygen atoms in total. The SMILES string of the molecule is Cc1nc2cc([C@@H]3CCCCN3)[nH]n2c(=O)c1C.Cc1nc2cc([C@@H]3CCCCN3C(=O)c3ccccc3NS(C)(=O)=O)[nH]n2c(=O)c1C.O=C(O)c1ccccc1NS(=O)[O-]. The van der Waals surface area contributed by atoms with Crippen molar-refractivity contribution in [3.63, 3.8) is 0 Å². The molecule has 0 bridgehead atoms. The molecule has 4 aromatic heterocycles. The molecule has 2 aliphatic heterocycles. The molecule has 0 saturated carbocycles. The Bertz CT molecular complexity index is 2880. The molecule has 6 N–H and O–H groups in total. The van der Waals surface area contributed by atoms with Crippen LogP contribution >= 0.6 is 0 Å². The Hall–Kier alpha value is -6.16. The standard InChI is InChI=1S/C21H25N5O4S.C13H18N4O.C7H7NO4S/c1-13-14(2)22-19-12-17(23-26(19)20(13)27)18-10-6-7-11-25(18)21(28)15-8-4-5-9-16(15)24-31(3,29)30;1-8-9(2)15-12-7-11(16-17(12)13(8)18)10-5-3-4-6-14-10;9-7(10)5-3-1-2-4-6(5)8-13(11)12/h4-5,8-9,12,18,23-24H,6-7,10-11H2,1-3H3;7,10,14,16H,3-6H2,1-2H3;1-4,8H,(H,9,10)(H,11,12)/p-1/t18-;10-;/m00./s1. The van der Waals surface area contributed by atoms with E-state index in [-0.39, 0.29) is 45.6 Å². The Morgan fingerprint density at radius 2 is 1.35 bits per heavy atom. The van der Waals surface area contributed by atoms with Crippen LogP contribution in [0.3, 0.4) is 0 Å². The first-order valence-corrected chi connectivity index (χ1v) is 22.9. The van der Waals surface area contributed by atoms with Crippen LogP contribution in [0, 0.1) is 27.7 Å². The summed E-state index contributed by atoms with van der Waals surface area (Å²) in [4.78, 5) is 59.4. The fourth-order valence-corrected chi connectivity index (χ4v) is 8.34. The van der Waals surface area contributed by atoms with Crippen LogP contribution in [0.2, 0.25) is 0 Å². The summed E-state index contributed by atoms with van der Waals surface area (Å²) in [6.07, 6.45) is 7.14. The number of carbonyl (C=O) groups excluding carboxylic acids is 1. The van der Waals surface area contributed by atoms with E-state index < -0.39 is 27.3 Å². The number of nitrogens with one attached hydrogen (secondary N) is 5. The number of likely N-dealkylation sites (tertiary alicyclic amines) is 1. The maximum absolute atomic E-state index is 13.5. The van der Waals surface area contributed by atoms with E-state index in [1.165, 1.54) is 35.6 Å². The number of benzene rings is 2. The highest BCUT2D eigenvalue weighted by Crippen LogP contribution is 2.33. The molecule has 1 amide bonds. The summed E-state index contributed by atoms with van der Waals surface area (Å²) in [7, 11) is -3.53. The zero-order chi connectivity index (χ0) is 44.9. The maximum atomic E-state index is 13.5. The van der Waals surface area contributed by atoms with Gasteiger partial charge in [0, 0.05) is 58.5 Å². The maximum Gasteiger partial charge on any atom is 0.337 e. The molecular weight excluding hydrogens is 841 g/mol. The van der Waals surface area contributed by atoms with Crippen LogP contribution in [0.4, 0.5) is 11.4 Å². The lowest BCUT2D eigenvalue weighted by molar-refractivity contribution is 0.0606. The van der Waals surface area contributed by atoms with Crippen LogP contribution in [-0.2, 0) is 21.3 Å². The second kappa shape index (κ2) is 19.3. The number of para-hydroxylation sites is 2. The third-order valence-corrected chi connectivity index (χ3v) is 11.8. The molecule has 1 unspecified atom stereocenters. The first kappa shape index (κ1) is 45.4. The monoisotopic (exact) mass is 889 g/mol. The van der Waals surface area contributed by atoms with Crippen molar-refractivity contribution < 1.29 is 31.9 Å². The van der Waals surface area contributed by atoms with Crippen LogP contribution in [-0.4, -0.2) is 87.6 Å². The van der Waals surface area contributed by atoms with Crippen molar-refractivity contribution in [1.82, 2.24) is 39.4 Å². The number of aromatic carboxylic acids is 1. The van der Waals surface area contributed by atoms with E-state index >= 15 is 0 Å². The number of carboxylic acid groups (broad SMARTS) is 1. The summed E-state index contributed by atoms with van der Waals surface area (Å²) in [5.74, 6) is -1.43. The Kier molecular flexibility index (Phi) is 14.1. The lowest BCUT2D eigenvalue weighted by Crippen LogP contribution is -2.39. The number of nitrogens with zero attached hydrogens (tertiary/aromatic N) is 5. The molecule has 62 heavy (non-hydrogen) atoms. The third kappa shape index (κ3) is 10.5. The second-order valence-corrected chi connectivity index (χ2v) is 17.6. The van der Waals surface area contributed by atoms with Gasteiger partial charge in [-0.1, -0.05) is 30.7 Å². The molecule has 21 heteroatoms. The second-order valence-electron chi connectivity index (χ2n) is 15.2. The summed E-state index contributed by atoms with van der Waals surface area (Å²) in [6, 6.07) is 16.2. The number of carbonyl (C=O) groups is 2.